The Morgan fingerprint density at radius 2 is 1.68 bits per heavy atom. The summed E-state index contributed by atoms with van der Waals surface area (Å²) in [6, 6.07) is 19.0. The molecule has 0 spiro atoms. The van der Waals surface area contributed by atoms with Crippen LogP contribution in [0.5, 0.6) is 5.75 Å². The topological polar surface area (TPSA) is 143 Å². The van der Waals surface area contributed by atoms with Crippen LogP contribution >= 0.6 is 0 Å². The summed E-state index contributed by atoms with van der Waals surface area (Å²) in [5.74, 6) is -1.09. The van der Waals surface area contributed by atoms with Crippen molar-refractivity contribution in [1.29, 1.82) is 0 Å². The molecule has 0 saturated heterocycles. The van der Waals surface area contributed by atoms with Gasteiger partial charge in [0, 0.05) is 19.2 Å². The van der Waals surface area contributed by atoms with E-state index in [1.165, 1.54) is 42.5 Å². The number of anilines is 2. The molecular weight excluding hydrogens is 498 g/mol. The first-order valence-electron chi connectivity index (χ1n) is 11.6. The number of phenols is 1. The first-order chi connectivity index (χ1) is 17.8. The van der Waals surface area contributed by atoms with Crippen LogP contribution in [-0.2, 0) is 30.9 Å². The molecule has 0 aliphatic heterocycles. The van der Waals surface area contributed by atoms with Crippen LogP contribution in [0.4, 0.5) is 11.4 Å². The number of carbonyl (C=O) groups is 2. The van der Waals surface area contributed by atoms with Gasteiger partial charge in [0.25, 0.3) is 10.0 Å². The van der Waals surface area contributed by atoms with Crippen molar-refractivity contribution < 1.29 is 32.6 Å². The number of ether oxygens (including phenoxy) is 2. The van der Waals surface area contributed by atoms with Crippen LogP contribution in [0.1, 0.15) is 22.8 Å². The molecule has 0 atom stereocenters. The molecule has 4 N–H and O–H groups in total. The number of hydrogen-bond acceptors (Lipinski definition) is 9. The van der Waals surface area contributed by atoms with Crippen LogP contribution in [0.3, 0.4) is 0 Å². The van der Waals surface area contributed by atoms with Crippen LogP contribution in [-0.4, -0.2) is 51.7 Å². The van der Waals surface area contributed by atoms with Crippen molar-refractivity contribution in [2.24, 2.45) is 0 Å². The quantitative estimate of drug-likeness (QED) is 0.150. The van der Waals surface area contributed by atoms with Gasteiger partial charge in [-0.25, -0.2) is 13.2 Å². The number of nitrogens with one attached hydrogen (secondary N) is 3. The predicted molar refractivity (Wildman–Crippen MR) is 139 cm³/mol. The van der Waals surface area contributed by atoms with Gasteiger partial charge in [0.15, 0.2) is 0 Å². The second kappa shape index (κ2) is 13.3. The molecule has 0 bridgehead atoms. The van der Waals surface area contributed by atoms with Crippen LogP contribution in [0.15, 0.2) is 77.7 Å². The van der Waals surface area contributed by atoms with Crippen LogP contribution < -0.4 is 15.4 Å². The smallest absolute Gasteiger partial charge is 0.338 e. The largest absolute Gasteiger partial charge is 0.508 e. The normalized spacial score (nSPS) is 10.9. The van der Waals surface area contributed by atoms with Crippen LogP contribution in [0.2, 0.25) is 0 Å². The second-order valence-corrected chi connectivity index (χ2v) is 9.52. The highest BCUT2D eigenvalue weighted by Crippen LogP contribution is 2.28. The lowest BCUT2D eigenvalue weighted by molar-refractivity contribution is -0.143. The van der Waals surface area contributed by atoms with Crippen molar-refractivity contribution in [2.45, 2.75) is 18.4 Å². The van der Waals surface area contributed by atoms with Crippen molar-refractivity contribution in [3.05, 3.63) is 83.9 Å². The minimum absolute atomic E-state index is 0.00481. The fourth-order valence-electron chi connectivity index (χ4n) is 3.24. The summed E-state index contributed by atoms with van der Waals surface area (Å²) in [6.45, 7) is 2.71. The fraction of sp³-hybridized carbons (Fsp3) is 0.231. The molecule has 0 saturated carbocycles. The van der Waals surface area contributed by atoms with E-state index < -0.39 is 22.0 Å². The van der Waals surface area contributed by atoms with Crippen molar-refractivity contribution in [3.8, 4) is 5.75 Å². The van der Waals surface area contributed by atoms with E-state index in [1.54, 1.807) is 6.92 Å². The summed E-state index contributed by atoms with van der Waals surface area (Å²) in [6.07, 6.45) is 0. The average molecular weight is 528 g/mol. The van der Waals surface area contributed by atoms with Crippen LogP contribution in [0, 0.1) is 0 Å². The molecule has 0 radical (unpaired) electrons. The molecule has 0 unspecified atom stereocenters. The van der Waals surface area contributed by atoms with Gasteiger partial charge >= 0.3 is 11.9 Å². The number of carbonyl (C=O) groups excluding carboxylic acids is 2. The summed E-state index contributed by atoms with van der Waals surface area (Å²) >= 11 is 0. The maximum atomic E-state index is 13.0. The van der Waals surface area contributed by atoms with Gasteiger partial charge in [0.2, 0.25) is 0 Å². The lowest BCUT2D eigenvalue weighted by atomic mass is 10.2. The minimum Gasteiger partial charge on any atom is -0.508 e. The third kappa shape index (κ3) is 8.51. The first-order valence-corrected chi connectivity index (χ1v) is 13.0. The molecule has 37 heavy (non-hydrogen) atoms. The van der Waals surface area contributed by atoms with Gasteiger partial charge in [0.05, 0.1) is 35.0 Å². The number of aromatic hydroxyl groups is 1. The molecule has 3 rings (SSSR count). The summed E-state index contributed by atoms with van der Waals surface area (Å²) in [5.41, 5.74) is 1.53. The number of sulfonamides is 1. The zero-order valence-corrected chi connectivity index (χ0v) is 21.1. The number of phenolic OH excluding ortho intramolecular Hbond substituents is 1. The Labute approximate surface area is 215 Å². The van der Waals surface area contributed by atoms with Gasteiger partial charge in [-0.05, 0) is 42.8 Å². The standard InChI is InChI=1S/C26H29N3O7S/c1-2-35-26(32)20-9-6-10-22(15-20)37(33,34)29-23-12-11-21(30)16-24(23)28-14-13-27-17-25(31)36-18-19-7-4-3-5-8-19/h3-12,15-16,27-30H,2,13-14,17-18H2,1H3. The highest BCUT2D eigenvalue weighted by molar-refractivity contribution is 7.92. The van der Waals surface area contributed by atoms with E-state index >= 15 is 0 Å². The molecular formula is C26H29N3O7S. The van der Waals surface area contributed by atoms with E-state index in [4.69, 9.17) is 9.47 Å². The van der Waals surface area contributed by atoms with Crippen molar-refractivity contribution in [2.75, 3.05) is 36.3 Å². The average Bonchev–Trinajstić information content (AvgIpc) is 2.89. The monoisotopic (exact) mass is 527 g/mol. The van der Waals surface area contributed by atoms with Gasteiger partial charge in [-0.2, -0.15) is 0 Å². The third-order valence-corrected chi connectivity index (χ3v) is 6.40. The van der Waals surface area contributed by atoms with E-state index in [0.717, 1.165) is 5.56 Å². The Hall–Kier alpha value is -4.09. The van der Waals surface area contributed by atoms with Crippen molar-refractivity contribution in [1.82, 2.24) is 5.32 Å². The fourth-order valence-corrected chi connectivity index (χ4v) is 4.37. The van der Waals surface area contributed by atoms with E-state index in [0.29, 0.717) is 18.8 Å². The molecule has 0 heterocycles. The SMILES string of the molecule is CCOC(=O)c1cccc(S(=O)(=O)Nc2ccc(O)cc2NCCNCC(=O)OCc2ccccc2)c1. The van der Waals surface area contributed by atoms with Gasteiger partial charge in [-0.1, -0.05) is 36.4 Å². The zero-order chi connectivity index (χ0) is 26.7. The Morgan fingerprint density at radius 3 is 2.43 bits per heavy atom. The molecule has 0 aliphatic carbocycles. The number of benzene rings is 3. The maximum absolute atomic E-state index is 13.0. The molecule has 3 aromatic rings. The Bertz CT molecular complexity index is 1310. The summed E-state index contributed by atoms with van der Waals surface area (Å²) < 4.78 is 38.5. The second-order valence-electron chi connectivity index (χ2n) is 7.83. The lowest BCUT2D eigenvalue weighted by Gasteiger charge is -2.15. The van der Waals surface area contributed by atoms with E-state index in [1.807, 2.05) is 30.3 Å². The molecule has 0 amide bonds. The highest BCUT2D eigenvalue weighted by atomic mass is 32.2. The van der Waals surface area contributed by atoms with Gasteiger partial charge < -0.3 is 25.2 Å². The molecule has 0 fully saturated rings. The molecule has 11 heteroatoms. The van der Waals surface area contributed by atoms with Crippen molar-refractivity contribution in [3.63, 3.8) is 0 Å². The Kier molecular flexibility index (Phi) is 9.87. The van der Waals surface area contributed by atoms with Gasteiger partial charge in [0.1, 0.15) is 12.4 Å². The summed E-state index contributed by atoms with van der Waals surface area (Å²) in [4.78, 5) is 23.8. The number of esters is 2. The van der Waals surface area contributed by atoms with Gasteiger partial charge in [-0.3, -0.25) is 9.52 Å². The lowest BCUT2D eigenvalue weighted by Crippen LogP contribution is -2.29. The molecule has 3 aromatic carbocycles. The number of hydrogen-bond donors (Lipinski definition) is 4. The Balaban J connectivity index is 1.55. The number of rotatable bonds is 13. The maximum Gasteiger partial charge on any atom is 0.338 e. The summed E-state index contributed by atoms with van der Waals surface area (Å²) in [5, 5.41) is 15.9. The predicted octanol–water partition coefficient (Wildman–Crippen LogP) is 3.11. The third-order valence-electron chi connectivity index (χ3n) is 5.03. The van der Waals surface area contributed by atoms with Crippen LogP contribution in [0.25, 0.3) is 0 Å². The Morgan fingerprint density at radius 1 is 0.892 bits per heavy atom. The highest BCUT2D eigenvalue weighted by Gasteiger charge is 2.19. The minimum atomic E-state index is -4.05. The van der Waals surface area contributed by atoms with E-state index in [2.05, 4.69) is 15.4 Å². The molecule has 0 aliphatic rings. The molecule has 0 aromatic heterocycles. The molecule has 196 valence electrons. The van der Waals surface area contributed by atoms with E-state index in [9.17, 15) is 23.1 Å². The first kappa shape index (κ1) is 27.5. The summed E-state index contributed by atoms with van der Waals surface area (Å²) in [7, 11) is -4.05. The van der Waals surface area contributed by atoms with E-state index in [-0.39, 0.29) is 41.7 Å². The molecule has 10 nitrogen and oxygen atoms in total. The zero-order valence-electron chi connectivity index (χ0n) is 20.3. The van der Waals surface area contributed by atoms with Crippen molar-refractivity contribution >= 4 is 33.3 Å². The van der Waals surface area contributed by atoms with Gasteiger partial charge in [-0.15, -0.1) is 0 Å².